The lowest BCUT2D eigenvalue weighted by Crippen LogP contribution is -2.05. The minimum absolute atomic E-state index is 0.688. The number of hydrogen-bond donors (Lipinski definition) is 1. The Bertz CT molecular complexity index is 572. The van der Waals surface area contributed by atoms with Crippen LogP contribution < -0.4 is 5.32 Å². The van der Waals surface area contributed by atoms with Crippen LogP contribution in [0.4, 0.5) is 5.82 Å². The minimum Gasteiger partial charge on any atom is -0.372 e. The highest BCUT2D eigenvalue weighted by molar-refractivity contribution is 14.1. The number of hydrogen-bond acceptors (Lipinski definition) is 3. The molecule has 0 unspecified atom stereocenters. The third kappa shape index (κ3) is 3.11. The summed E-state index contributed by atoms with van der Waals surface area (Å²) in [5, 5.41) is 3.83. The molecule has 0 aliphatic carbocycles. The van der Waals surface area contributed by atoms with E-state index in [0.29, 0.717) is 6.42 Å². The van der Waals surface area contributed by atoms with Crippen LogP contribution in [0.1, 0.15) is 17.1 Å². The van der Waals surface area contributed by atoms with Crippen LogP contribution in [0.2, 0.25) is 5.02 Å². The van der Waals surface area contributed by atoms with Gasteiger partial charge in [0.2, 0.25) is 0 Å². The van der Waals surface area contributed by atoms with Crippen molar-refractivity contribution in [3.63, 3.8) is 0 Å². The zero-order valence-corrected chi connectivity index (χ0v) is 13.1. The first-order valence-electron chi connectivity index (χ1n) is 5.55. The number of benzene rings is 1. The van der Waals surface area contributed by atoms with E-state index in [-0.39, 0.29) is 0 Å². The van der Waals surface area contributed by atoms with E-state index in [1.54, 1.807) is 0 Å². The lowest BCUT2D eigenvalue weighted by Gasteiger charge is -2.08. The monoisotopic (exact) mass is 373 g/mol. The summed E-state index contributed by atoms with van der Waals surface area (Å²) in [5.41, 5.74) is 2.11. The molecular formula is C13H13ClIN3. The zero-order chi connectivity index (χ0) is 13.1. The summed E-state index contributed by atoms with van der Waals surface area (Å²) in [6, 6.07) is 7.78. The number of anilines is 1. The molecule has 2 aromatic rings. The van der Waals surface area contributed by atoms with E-state index in [1.165, 1.54) is 0 Å². The van der Waals surface area contributed by atoms with Crippen LogP contribution in [0.25, 0.3) is 0 Å². The van der Waals surface area contributed by atoms with Gasteiger partial charge in [-0.25, -0.2) is 9.97 Å². The Labute approximate surface area is 125 Å². The van der Waals surface area contributed by atoms with Gasteiger partial charge in [-0.05, 0) is 47.2 Å². The van der Waals surface area contributed by atoms with Crippen molar-refractivity contribution >= 4 is 40.0 Å². The first-order valence-corrected chi connectivity index (χ1v) is 7.01. The van der Waals surface area contributed by atoms with Gasteiger partial charge in [0.25, 0.3) is 0 Å². The molecule has 94 valence electrons. The van der Waals surface area contributed by atoms with Gasteiger partial charge in [-0.15, -0.1) is 0 Å². The second kappa shape index (κ2) is 5.84. The molecule has 0 saturated carbocycles. The molecule has 0 radical (unpaired) electrons. The van der Waals surface area contributed by atoms with E-state index in [1.807, 2.05) is 38.2 Å². The quantitative estimate of drug-likeness (QED) is 0.834. The van der Waals surface area contributed by atoms with Crippen LogP contribution in [0.15, 0.2) is 24.3 Å². The molecule has 0 amide bonds. The molecule has 2 rings (SSSR count). The van der Waals surface area contributed by atoms with Crippen LogP contribution in [-0.4, -0.2) is 17.0 Å². The normalized spacial score (nSPS) is 10.4. The Hall–Kier alpha value is -0.880. The Morgan fingerprint density at radius 2 is 2.11 bits per heavy atom. The van der Waals surface area contributed by atoms with E-state index in [0.717, 1.165) is 31.5 Å². The van der Waals surface area contributed by atoms with E-state index >= 15 is 0 Å². The van der Waals surface area contributed by atoms with Crippen LogP contribution in [0.5, 0.6) is 0 Å². The molecule has 1 N–H and O–H groups in total. The fourth-order valence-corrected chi connectivity index (χ4v) is 2.42. The summed E-state index contributed by atoms with van der Waals surface area (Å²) in [7, 11) is 1.87. The fraction of sp³-hybridized carbons (Fsp3) is 0.231. The van der Waals surface area contributed by atoms with Crippen LogP contribution >= 0.6 is 34.2 Å². The molecular weight excluding hydrogens is 361 g/mol. The number of halogens is 2. The van der Waals surface area contributed by atoms with Crippen molar-refractivity contribution in [1.29, 1.82) is 0 Å². The predicted octanol–water partition coefficient (Wildman–Crippen LogP) is 3.68. The topological polar surface area (TPSA) is 37.8 Å². The SMILES string of the molecule is CNc1nc(Cc2cccc(Cl)c2)nc(C)c1I. The van der Waals surface area contributed by atoms with Crippen LogP contribution in [0.3, 0.4) is 0 Å². The van der Waals surface area contributed by atoms with Crippen molar-refractivity contribution in [3.8, 4) is 0 Å². The lowest BCUT2D eigenvalue weighted by molar-refractivity contribution is 0.935. The van der Waals surface area contributed by atoms with Gasteiger partial charge >= 0.3 is 0 Å². The molecule has 0 bridgehead atoms. The summed E-state index contributed by atoms with van der Waals surface area (Å²) < 4.78 is 1.06. The van der Waals surface area contributed by atoms with E-state index in [4.69, 9.17) is 11.6 Å². The maximum absolute atomic E-state index is 5.97. The van der Waals surface area contributed by atoms with Gasteiger partial charge < -0.3 is 5.32 Å². The Morgan fingerprint density at radius 1 is 1.33 bits per heavy atom. The second-order valence-electron chi connectivity index (χ2n) is 3.94. The molecule has 3 nitrogen and oxygen atoms in total. The summed E-state index contributed by atoms with van der Waals surface area (Å²) >= 11 is 8.22. The first-order chi connectivity index (χ1) is 8.60. The molecule has 1 heterocycles. The first kappa shape index (κ1) is 13.5. The van der Waals surface area contributed by atoms with Crippen molar-refractivity contribution < 1.29 is 0 Å². The van der Waals surface area contributed by atoms with Gasteiger partial charge in [0, 0.05) is 18.5 Å². The average molecular weight is 374 g/mol. The van der Waals surface area contributed by atoms with Gasteiger partial charge in [0.15, 0.2) is 0 Å². The number of aromatic nitrogens is 2. The molecule has 18 heavy (non-hydrogen) atoms. The zero-order valence-electron chi connectivity index (χ0n) is 10.2. The van der Waals surface area contributed by atoms with Crippen molar-refractivity contribution in [2.24, 2.45) is 0 Å². The van der Waals surface area contributed by atoms with Gasteiger partial charge in [0.1, 0.15) is 11.6 Å². The van der Waals surface area contributed by atoms with Gasteiger partial charge in [-0.3, -0.25) is 0 Å². The lowest BCUT2D eigenvalue weighted by atomic mass is 10.1. The molecule has 1 aromatic heterocycles. The van der Waals surface area contributed by atoms with E-state index < -0.39 is 0 Å². The minimum atomic E-state index is 0.688. The molecule has 0 aliphatic rings. The highest BCUT2D eigenvalue weighted by Gasteiger charge is 2.08. The number of nitrogens with zero attached hydrogens (tertiary/aromatic N) is 2. The second-order valence-corrected chi connectivity index (χ2v) is 5.46. The molecule has 0 aliphatic heterocycles. The Morgan fingerprint density at radius 3 is 2.78 bits per heavy atom. The maximum Gasteiger partial charge on any atom is 0.143 e. The molecule has 0 atom stereocenters. The summed E-state index contributed by atoms with van der Waals surface area (Å²) in [5.74, 6) is 1.68. The van der Waals surface area contributed by atoms with Crippen molar-refractivity contribution in [1.82, 2.24) is 9.97 Å². The highest BCUT2D eigenvalue weighted by Crippen LogP contribution is 2.20. The van der Waals surface area contributed by atoms with Crippen LogP contribution in [0, 0.1) is 10.5 Å². The van der Waals surface area contributed by atoms with E-state index in [9.17, 15) is 0 Å². The Balaban J connectivity index is 2.32. The Kier molecular flexibility index (Phi) is 4.40. The molecule has 1 aromatic carbocycles. The largest absolute Gasteiger partial charge is 0.372 e. The van der Waals surface area contributed by atoms with Crippen LogP contribution in [-0.2, 0) is 6.42 Å². The molecule has 0 fully saturated rings. The molecule has 5 heteroatoms. The summed E-state index contributed by atoms with van der Waals surface area (Å²) in [4.78, 5) is 9.01. The number of aryl methyl sites for hydroxylation is 1. The molecule has 0 spiro atoms. The van der Waals surface area contributed by atoms with Crippen molar-refractivity contribution in [2.75, 3.05) is 12.4 Å². The number of nitrogens with one attached hydrogen (secondary N) is 1. The standard InChI is InChI=1S/C13H13ClIN3/c1-8-12(15)13(16-2)18-11(17-8)7-9-4-3-5-10(14)6-9/h3-6H,7H2,1-2H3,(H,16,17,18). The number of rotatable bonds is 3. The third-order valence-electron chi connectivity index (χ3n) is 2.55. The van der Waals surface area contributed by atoms with Gasteiger partial charge in [-0.1, -0.05) is 23.7 Å². The smallest absolute Gasteiger partial charge is 0.143 e. The fourth-order valence-electron chi connectivity index (χ4n) is 1.69. The van der Waals surface area contributed by atoms with Crippen molar-refractivity contribution in [2.45, 2.75) is 13.3 Å². The van der Waals surface area contributed by atoms with Gasteiger partial charge in [-0.2, -0.15) is 0 Å². The van der Waals surface area contributed by atoms with Crippen molar-refractivity contribution in [3.05, 3.63) is 49.9 Å². The third-order valence-corrected chi connectivity index (χ3v) is 4.08. The van der Waals surface area contributed by atoms with E-state index in [2.05, 4.69) is 37.9 Å². The summed E-state index contributed by atoms with van der Waals surface area (Å²) in [6.07, 6.45) is 0.688. The predicted molar refractivity (Wildman–Crippen MR) is 83.3 cm³/mol. The average Bonchev–Trinajstić information content (AvgIpc) is 2.33. The molecule has 0 saturated heterocycles. The summed E-state index contributed by atoms with van der Waals surface area (Å²) in [6.45, 7) is 1.99. The maximum atomic E-state index is 5.97. The highest BCUT2D eigenvalue weighted by atomic mass is 127. The van der Waals surface area contributed by atoms with Gasteiger partial charge in [0.05, 0.1) is 9.26 Å².